The van der Waals surface area contributed by atoms with E-state index in [4.69, 9.17) is 18.9 Å². The summed E-state index contributed by atoms with van der Waals surface area (Å²) in [6.07, 6.45) is 2.99. The van der Waals surface area contributed by atoms with Crippen LogP contribution in [0.25, 0.3) is 0 Å². The maximum Gasteiger partial charge on any atom is 0.350 e. The highest BCUT2D eigenvalue weighted by Crippen LogP contribution is 2.46. The lowest BCUT2D eigenvalue weighted by Crippen LogP contribution is -2.13. The molecule has 0 atom stereocenters. The van der Waals surface area contributed by atoms with Gasteiger partial charge in [0, 0.05) is 25.0 Å². The molecule has 0 bridgehead atoms. The quantitative estimate of drug-likeness (QED) is 0.234. The first-order valence-corrected chi connectivity index (χ1v) is 9.38. The third-order valence-electron chi connectivity index (χ3n) is 4.50. The average Bonchev–Trinajstić information content (AvgIpc) is 3.24. The number of anilines is 1. The number of benzene rings is 2. The summed E-state index contributed by atoms with van der Waals surface area (Å²) in [7, 11) is 5.50. The van der Waals surface area contributed by atoms with E-state index in [1.807, 2.05) is 0 Å². The van der Waals surface area contributed by atoms with Crippen molar-refractivity contribution in [1.82, 2.24) is 9.78 Å². The van der Waals surface area contributed by atoms with E-state index in [1.165, 1.54) is 56.5 Å². The minimum atomic E-state index is -1.01. The van der Waals surface area contributed by atoms with Gasteiger partial charge in [0.15, 0.2) is 5.75 Å². The Morgan fingerprint density at radius 1 is 1.06 bits per heavy atom. The SMILES string of the molecule is COc1cc(C(=O)Oc2ccc(NC(=O)c3cnn(C)c3)cc2)c([N+](=O)[O-])c(OC)c1OC. The summed E-state index contributed by atoms with van der Waals surface area (Å²) in [6, 6.07) is 7.03. The average molecular weight is 456 g/mol. The molecule has 1 N–H and O–H groups in total. The molecule has 3 aromatic rings. The van der Waals surface area contributed by atoms with Gasteiger partial charge in [-0.25, -0.2) is 4.79 Å². The van der Waals surface area contributed by atoms with Gasteiger partial charge in [0.2, 0.25) is 11.5 Å². The van der Waals surface area contributed by atoms with Crippen molar-refractivity contribution >= 4 is 23.3 Å². The number of nitro groups is 1. The normalized spacial score (nSPS) is 10.3. The number of rotatable bonds is 8. The number of hydrogen-bond donors (Lipinski definition) is 1. The molecule has 1 aromatic heterocycles. The number of methoxy groups -OCH3 is 3. The Balaban J connectivity index is 1.83. The maximum absolute atomic E-state index is 12.8. The predicted octanol–water partition coefficient (Wildman–Crippen LogP) is 2.83. The summed E-state index contributed by atoms with van der Waals surface area (Å²) in [6.45, 7) is 0. The Kier molecular flexibility index (Phi) is 6.77. The largest absolute Gasteiger partial charge is 0.493 e. The van der Waals surface area contributed by atoms with Crippen molar-refractivity contribution in [2.75, 3.05) is 26.6 Å². The molecule has 172 valence electrons. The van der Waals surface area contributed by atoms with Crippen LogP contribution in [0.3, 0.4) is 0 Å². The highest BCUT2D eigenvalue weighted by atomic mass is 16.6. The van der Waals surface area contributed by atoms with Crippen LogP contribution in [0, 0.1) is 10.1 Å². The lowest BCUT2D eigenvalue weighted by Gasteiger charge is -2.14. The molecule has 0 aliphatic heterocycles. The van der Waals surface area contributed by atoms with E-state index in [-0.39, 0.29) is 34.5 Å². The van der Waals surface area contributed by atoms with Gasteiger partial charge in [-0.1, -0.05) is 0 Å². The van der Waals surface area contributed by atoms with E-state index in [2.05, 4.69) is 10.4 Å². The van der Waals surface area contributed by atoms with E-state index < -0.39 is 16.6 Å². The van der Waals surface area contributed by atoms with Gasteiger partial charge in [0.25, 0.3) is 5.91 Å². The second-order valence-electron chi connectivity index (χ2n) is 6.57. The molecule has 12 heteroatoms. The molecule has 0 unspecified atom stereocenters. The number of nitro benzene ring substituents is 1. The van der Waals surface area contributed by atoms with Crippen LogP contribution in [0.4, 0.5) is 11.4 Å². The smallest absolute Gasteiger partial charge is 0.350 e. The van der Waals surface area contributed by atoms with Crippen LogP contribution in [-0.2, 0) is 7.05 Å². The maximum atomic E-state index is 12.8. The first-order chi connectivity index (χ1) is 15.8. The van der Waals surface area contributed by atoms with Gasteiger partial charge >= 0.3 is 11.7 Å². The Bertz CT molecular complexity index is 1200. The van der Waals surface area contributed by atoms with Crippen LogP contribution < -0.4 is 24.3 Å². The monoisotopic (exact) mass is 456 g/mol. The van der Waals surface area contributed by atoms with E-state index in [9.17, 15) is 19.7 Å². The number of ether oxygens (including phenoxy) is 4. The predicted molar refractivity (Wildman–Crippen MR) is 115 cm³/mol. The molecule has 0 saturated carbocycles. The number of carbonyl (C=O) groups excluding carboxylic acids is 2. The Labute approximate surface area is 187 Å². The number of nitrogens with one attached hydrogen (secondary N) is 1. The van der Waals surface area contributed by atoms with Gasteiger partial charge in [-0.3, -0.25) is 19.6 Å². The van der Waals surface area contributed by atoms with Crippen LogP contribution in [0.15, 0.2) is 42.7 Å². The van der Waals surface area contributed by atoms with Crippen LogP contribution >= 0.6 is 0 Å². The van der Waals surface area contributed by atoms with E-state index >= 15 is 0 Å². The highest BCUT2D eigenvalue weighted by molar-refractivity contribution is 6.04. The van der Waals surface area contributed by atoms with Crippen molar-refractivity contribution < 1.29 is 33.5 Å². The Morgan fingerprint density at radius 2 is 1.73 bits per heavy atom. The molecule has 0 fully saturated rings. The molecule has 3 rings (SSSR count). The zero-order valence-corrected chi connectivity index (χ0v) is 18.1. The molecule has 0 aliphatic rings. The zero-order valence-electron chi connectivity index (χ0n) is 18.1. The van der Waals surface area contributed by atoms with E-state index in [1.54, 1.807) is 13.2 Å². The number of aromatic nitrogens is 2. The molecule has 0 spiro atoms. The molecule has 0 radical (unpaired) electrons. The van der Waals surface area contributed by atoms with Gasteiger partial charge in [-0.2, -0.15) is 5.10 Å². The molecule has 0 saturated heterocycles. The van der Waals surface area contributed by atoms with Crippen LogP contribution in [-0.4, -0.2) is 47.9 Å². The fraction of sp³-hybridized carbons (Fsp3) is 0.190. The molecule has 33 heavy (non-hydrogen) atoms. The molecule has 2 aromatic carbocycles. The number of nitrogens with zero attached hydrogens (tertiary/aromatic N) is 3. The van der Waals surface area contributed by atoms with Gasteiger partial charge in [-0.05, 0) is 24.3 Å². The van der Waals surface area contributed by atoms with Crippen LogP contribution in [0.5, 0.6) is 23.0 Å². The van der Waals surface area contributed by atoms with Gasteiger partial charge in [0.05, 0.1) is 38.0 Å². The van der Waals surface area contributed by atoms with E-state index in [0.717, 1.165) is 6.07 Å². The molecular weight excluding hydrogens is 436 g/mol. The molecular formula is C21H20N4O8. The fourth-order valence-electron chi connectivity index (χ4n) is 2.99. The third kappa shape index (κ3) is 4.84. The van der Waals surface area contributed by atoms with Crippen molar-refractivity contribution in [2.45, 2.75) is 0 Å². The van der Waals surface area contributed by atoms with Crippen molar-refractivity contribution in [2.24, 2.45) is 7.05 Å². The molecule has 0 aliphatic carbocycles. The van der Waals surface area contributed by atoms with Crippen LogP contribution in [0.1, 0.15) is 20.7 Å². The number of hydrogen-bond acceptors (Lipinski definition) is 9. The third-order valence-corrected chi connectivity index (χ3v) is 4.50. The van der Waals surface area contributed by atoms with Crippen LogP contribution in [0.2, 0.25) is 0 Å². The number of amides is 1. The standard InChI is InChI=1S/C21H20N4O8/c1-24-11-12(10-22-24)20(26)23-13-5-7-14(8-6-13)33-21(27)15-9-16(30-2)18(31-3)19(32-4)17(15)25(28)29/h5-11H,1-4H3,(H,23,26). The summed E-state index contributed by atoms with van der Waals surface area (Å²) in [5.74, 6) is -1.52. The second kappa shape index (κ2) is 9.68. The molecule has 1 amide bonds. The first-order valence-electron chi connectivity index (χ1n) is 9.38. The summed E-state index contributed by atoms with van der Waals surface area (Å²) < 4.78 is 22.2. The minimum absolute atomic E-state index is 0.0306. The molecule has 12 nitrogen and oxygen atoms in total. The van der Waals surface area contributed by atoms with Crippen molar-refractivity contribution in [3.63, 3.8) is 0 Å². The lowest BCUT2D eigenvalue weighted by molar-refractivity contribution is -0.386. The van der Waals surface area contributed by atoms with Crippen molar-refractivity contribution in [3.05, 3.63) is 64.0 Å². The van der Waals surface area contributed by atoms with Gasteiger partial charge in [-0.15, -0.1) is 0 Å². The summed E-state index contributed by atoms with van der Waals surface area (Å²) in [5.41, 5.74) is -0.186. The highest BCUT2D eigenvalue weighted by Gasteiger charge is 2.33. The Morgan fingerprint density at radius 3 is 2.24 bits per heavy atom. The van der Waals surface area contributed by atoms with Crippen molar-refractivity contribution in [1.29, 1.82) is 0 Å². The fourth-order valence-corrected chi connectivity index (χ4v) is 2.99. The zero-order chi connectivity index (χ0) is 24.1. The summed E-state index contributed by atoms with van der Waals surface area (Å²) in [5, 5.41) is 18.3. The number of esters is 1. The Hall–Kier alpha value is -4.61. The molecule has 1 heterocycles. The summed E-state index contributed by atoms with van der Waals surface area (Å²) in [4.78, 5) is 35.9. The first kappa shape index (κ1) is 23.1. The topological polar surface area (TPSA) is 144 Å². The minimum Gasteiger partial charge on any atom is -0.493 e. The summed E-state index contributed by atoms with van der Waals surface area (Å²) >= 11 is 0. The van der Waals surface area contributed by atoms with Gasteiger partial charge in [0.1, 0.15) is 11.3 Å². The number of carbonyl (C=O) groups is 2. The van der Waals surface area contributed by atoms with Gasteiger partial charge < -0.3 is 24.3 Å². The van der Waals surface area contributed by atoms with E-state index in [0.29, 0.717) is 11.3 Å². The second-order valence-corrected chi connectivity index (χ2v) is 6.57. The van der Waals surface area contributed by atoms with Crippen molar-refractivity contribution in [3.8, 4) is 23.0 Å². The number of aryl methyl sites for hydroxylation is 1. The lowest BCUT2D eigenvalue weighted by atomic mass is 10.1.